The smallest absolute Gasteiger partial charge is 0.244 e. The largest absolute Gasteiger partial charge is 0.507 e. The highest BCUT2D eigenvalue weighted by Crippen LogP contribution is 2.30. The first-order chi connectivity index (χ1) is 13.9. The summed E-state index contributed by atoms with van der Waals surface area (Å²) in [6.45, 7) is 3.84. The van der Waals surface area contributed by atoms with Crippen LogP contribution in [0.1, 0.15) is 18.9 Å². The van der Waals surface area contributed by atoms with Crippen LogP contribution < -0.4 is 4.74 Å². The Hall–Kier alpha value is -2.13. The van der Waals surface area contributed by atoms with E-state index in [9.17, 15) is 13.5 Å². The molecule has 1 fully saturated rings. The summed E-state index contributed by atoms with van der Waals surface area (Å²) in [6, 6.07) is 9.50. The number of hydrogen-bond donors (Lipinski definition) is 1. The standard InChI is InChI=1S/C20H23ClN2O5S/c1-2-9-28-17-5-3-15(19(24)13-17)14-22-16-4-6-18(21)20(12-16)29(25,26)23-7-10-27-11-8-23/h3-6,12-14,24H,2,7-11H2,1H3. The first-order valence-corrected chi connectivity index (χ1v) is 11.1. The highest BCUT2D eigenvalue weighted by Gasteiger charge is 2.28. The molecule has 0 atom stereocenters. The monoisotopic (exact) mass is 438 g/mol. The van der Waals surface area contributed by atoms with Gasteiger partial charge in [-0.05, 0) is 36.8 Å². The predicted molar refractivity (Wildman–Crippen MR) is 112 cm³/mol. The van der Waals surface area contributed by atoms with Gasteiger partial charge in [0.25, 0.3) is 0 Å². The van der Waals surface area contributed by atoms with Gasteiger partial charge in [0, 0.05) is 30.9 Å². The van der Waals surface area contributed by atoms with Gasteiger partial charge in [-0.15, -0.1) is 0 Å². The molecule has 0 saturated carbocycles. The van der Waals surface area contributed by atoms with Crippen molar-refractivity contribution in [1.29, 1.82) is 0 Å². The summed E-state index contributed by atoms with van der Waals surface area (Å²) in [5.41, 5.74) is 0.897. The lowest BCUT2D eigenvalue weighted by Gasteiger charge is -2.26. The van der Waals surface area contributed by atoms with Crippen LogP contribution >= 0.6 is 11.6 Å². The van der Waals surface area contributed by atoms with Crippen molar-refractivity contribution in [3.05, 3.63) is 47.0 Å². The summed E-state index contributed by atoms with van der Waals surface area (Å²) in [5, 5.41) is 10.3. The summed E-state index contributed by atoms with van der Waals surface area (Å²) in [6.07, 6.45) is 2.34. The Bertz CT molecular complexity index is 988. The van der Waals surface area contributed by atoms with Crippen LogP contribution in [0.25, 0.3) is 0 Å². The number of aliphatic imine (C=N–C) groups is 1. The van der Waals surface area contributed by atoms with E-state index in [1.165, 1.54) is 28.7 Å². The number of phenolic OH excluding ortho intramolecular Hbond substituents is 1. The zero-order valence-electron chi connectivity index (χ0n) is 16.0. The third kappa shape index (κ3) is 5.27. The Morgan fingerprint density at radius 2 is 2.00 bits per heavy atom. The maximum atomic E-state index is 12.9. The van der Waals surface area contributed by atoms with Crippen LogP contribution in [0.4, 0.5) is 5.69 Å². The van der Waals surface area contributed by atoms with Crippen molar-refractivity contribution in [2.75, 3.05) is 32.9 Å². The topological polar surface area (TPSA) is 88.4 Å². The number of ether oxygens (including phenoxy) is 2. The van der Waals surface area contributed by atoms with Crippen molar-refractivity contribution in [2.24, 2.45) is 4.99 Å². The Kier molecular flexibility index (Phi) is 7.13. The number of aromatic hydroxyl groups is 1. The molecule has 1 aliphatic rings. The fraction of sp³-hybridized carbons (Fsp3) is 0.350. The summed E-state index contributed by atoms with van der Waals surface area (Å²) in [7, 11) is -3.74. The summed E-state index contributed by atoms with van der Waals surface area (Å²) in [4.78, 5) is 4.30. The third-order valence-electron chi connectivity index (χ3n) is 4.33. The first kappa shape index (κ1) is 21.6. The lowest BCUT2D eigenvalue weighted by Crippen LogP contribution is -2.40. The zero-order valence-corrected chi connectivity index (χ0v) is 17.6. The number of phenols is 1. The molecule has 9 heteroatoms. The normalized spacial score (nSPS) is 15.7. The van der Waals surface area contributed by atoms with Crippen molar-refractivity contribution in [1.82, 2.24) is 4.31 Å². The van der Waals surface area contributed by atoms with Gasteiger partial charge in [0.2, 0.25) is 10.0 Å². The highest BCUT2D eigenvalue weighted by molar-refractivity contribution is 7.89. The second kappa shape index (κ2) is 9.58. The number of sulfonamides is 1. The van der Waals surface area contributed by atoms with Crippen molar-refractivity contribution < 1.29 is 23.0 Å². The Morgan fingerprint density at radius 3 is 2.69 bits per heavy atom. The minimum absolute atomic E-state index is 0.00301. The number of morpholine rings is 1. The lowest BCUT2D eigenvalue weighted by molar-refractivity contribution is 0.0730. The maximum Gasteiger partial charge on any atom is 0.244 e. The number of halogens is 1. The molecule has 1 heterocycles. The maximum absolute atomic E-state index is 12.9. The molecule has 2 aromatic rings. The van der Waals surface area contributed by atoms with E-state index in [0.717, 1.165) is 6.42 Å². The Labute approximate surface area is 175 Å². The average Bonchev–Trinajstić information content (AvgIpc) is 2.73. The molecule has 3 rings (SSSR count). The number of rotatable bonds is 7. The molecule has 1 saturated heterocycles. The van der Waals surface area contributed by atoms with Gasteiger partial charge in [-0.25, -0.2) is 8.42 Å². The van der Waals surface area contributed by atoms with E-state index in [-0.39, 0.29) is 28.8 Å². The summed E-state index contributed by atoms with van der Waals surface area (Å²) < 4.78 is 37.8. The van der Waals surface area contributed by atoms with E-state index in [2.05, 4.69) is 4.99 Å². The Balaban J connectivity index is 1.83. The third-order valence-corrected chi connectivity index (χ3v) is 6.71. The van der Waals surface area contributed by atoms with Crippen LogP contribution in [0.2, 0.25) is 5.02 Å². The van der Waals surface area contributed by atoms with Gasteiger partial charge in [-0.3, -0.25) is 4.99 Å². The molecule has 0 bridgehead atoms. The minimum atomic E-state index is -3.74. The number of hydrogen-bond acceptors (Lipinski definition) is 6. The molecule has 156 valence electrons. The van der Waals surface area contributed by atoms with E-state index in [1.54, 1.807) is 18.2 Å². The van der Waals surface area contributed by atoms with Gasteiger partial charge >= 0.3 is 0 Å². The van der Waals surface area contributed by atoms with E-state index in [1.807, 2.05) is 6.92 Å². The molecule has 1 N–H and O–H groups in total. The van der Waals surface area contributed by atoms with Gasteiger partial charge in [0.15, 0.2) is 0 Å². The van der Waals surface area contributed by atoms with Crippen LogP contribution in [0.3, 0.4) is 0 Å². The number of benzene rings is 2. The van der Waals surface area contributed by atoms with Gasteiger partial charge < -0.3 is 14.6 Å². The molecule has 7 nitrogen and oxygen atoms in total. The van der Waals surface area contributed by atoms with Crippen LogP contribution in [0, 0.1) is 0 Å². The van der Waals surface area contributed by atoms with Crippen LogP contribution in [0.15, 0.2) is 46.3 Å². The lowest BCUT2D eigenvalue weighted by atomic mass is 10.2. The molecule has 29 heavy (non-hydrogen) atoms. The van der Waals surface area contributed by atoms with Crippen LogP contribution in [0.5, 0.6) is 11.5 Å². The molecule has 0 spiro atoms. The van der Waals surface area contributed by atoms with E-state index < -0.39 is 10.0 Å². The number of nitrogens with zero attached hydrogens (tertiary/aromatic N) is 2. The highest BCUT2D eigenvalue weighted by atomic mass is 35.5. The second-order valence-electron chi connectivity index (χ2n) is 6.46. The molecule has 2 aromatic carbocycles. The van der Waals surface area contributed by atoms with Gasteiger partial charge in [0.1, 0.15) is 16.4 Å². The first-order valence-electron chi connectivity index (χ1n) is 9.29. The van der Waals surface area contributed by atoms with Crippen molar-refractivity contribution in [2.45, 2.75) is 18.2 Å². The van der Waals surface area contributed by atoms with Gasteiger partial charge in [0.05, 0.1) is 30.5 Å². The summed E-state index contributed by atoms with van der Waals surface area (Å²) >= 11 is 6.16. The van der Waals surface area contributed by atoms with E-state index in [0.29, 0.717) is 36.8 Å². The Morgan fingerprint density at radius 1 is 1.24 bits per heavy atom. The molecule has 0 aromatic heterocycles. The SMILES string of the molecule is CCCOc1ccc(C=Nc2ccc(Cl)c(S(=O)(=O)N3CCOCC3)c2)c(O)c1. The second-order valence-corrected chi connectivity index (χ2v) is 8.77. The van der Waals surface area contributed by atoms with Crippen molar-refractivity contribution >= 4 is 33.5 Å². The summed E-state index contributed by atoms with van der Waals surface area (Å²) in [5.74, 6) is 0.601. The minimum Gasteiger partial charge on any atom is -0.507 e. The quantitative estimate of drug-likeness (QED) is 0.667. The van der Waals surface area contributed by atoms with E-state index in [4.69, 9.17) is 21.1 Å². The predicted octanol–water partition coefficient (Wildman–Crippen LogP) is 3.61. The van der Waals surface area contributed by atoms with Crippen molar-refractivity contribution in [3.63, 3.8) is 0 Å². The average molecular weight is 439 g/mol. The molecule has 0 radical (unpaired) electrons. The molecule has 1 aliphatic heterocycles. The van der Waals surface area contributed by atoms with Gasteiger partial charge in [-0.1, -0.05) is 18.5 Å². The van der Waals surface area contributed by atoms with Crippen LogP contribution in [-0.2, 0) is 14.8 Å². The molecular weight excluding hydrogens is 416 g/mol. The van der Waals surface area contributed by atoms with Gasteiger partial charge in [-0.2, -0.15) is 4.31 Å². The van der Waals surface area contributed by atoms with E-state index >= 15 is 0 Å². The van der Waals surface area contributed by atoms with Crippen LogP contribution in [-0.4, -0.2) is 57.0 Å². The zero-order chi connectivity index (χ0) is 20.9. The molecule has 0 aliphatic carbocycles. The molecule has 0 unspecified atom stereocenters. The van der Waals surface area contributed by atoms with Crippen molar-refractivity contribution in [3.8, 4) is 11.5 Å². The fourth-order valence-electron chi connectivity index (χ4n) is 2.78. The molecule has 0 amide bonds. The fourth-order valence-corrected chi connectivity index (χ4v) is 4.68. The molecular formula is C20H23ClN2O5S.